The van der Waals surface area contributed by atoms with Gasteiger partial charge in [-0.2, -0.15) is 5.10 Å². The summed E-state index contributed by atoms with van der Waals surface area (Å²) in [6.45, 7) is 5.09. The number of hydrogen-bond donors (Lipinski definition) is 0. The number of rotatable bonds is 6. The van der Waals surface area contributed by atoms with E-state index in [1.54, 1.807) is 44.9 Å². The smallest absolute Gasteiger partial charge is 0.334 e. The van der Waals surface area contributed by atoms with E-state index in [-0.39, 0.29) is 20.0 Å². The van der Waals surface area contributed by atoms with Crippen molar-refractivity contribution in [1.82, 2.24) is 28.9 Å². The summed E-state index contributed by atoms with van der Waals surface area (Å²) in [6.07, 6.45) is 4.75. The Labute approximate surface area is 212 Å². The lowest BCUT2D eigenvalue weighted by atomic mass is 10.0. The highest BCUT2D eigenvalue weighted by molar-refractivity contribution is 7.25. The Hall–Kier alpha value is -4.11. The van der Waals surface area contributed by atoms with Crippen molar-refractivity contribution in [3.63, 3.8) is 0 Å². The van der Waals surface area contributed by atoms with E-state index in [2.05, 4.69) is 15.1 Å². The fourth-order valence-corrected chi connectivity index (χ4v) is 4.55. The number of ether oxygens (including phenoxy) is 2. The molecular formula is C25H24FN6O4P. The molecule has 12 heteroatoms. The molecule has 0 atom stereocenters. The van der Waals surface area contributed by atoms with Crippen molar-refractivity contribution in [2.75, 3.05) is 7.11 Å². The topological polar surface area (TPSA) is 106 Å². The Balaban J connectivity index is 1.80. The molecule has 10 nitrogen and oxygen atoms in total. The van der Waals surface area contributed by atoms with E-state index in [9.17, 15) is 9.36 Å². The number of methoxy groups -OCH3 is 1. The molecule has 0 aliphatic carbocycles. The highest BCUT2D eigenvalue weighted by Crippen LogP contribution is 2.37. The first-order chi connectivity index (χ1) is 17.5. The summed E-state index contributed by atoms with van der Waals surface area (Å²) in [4.78, 5) is 22.1. The van der Waals surface area contributed by atoms with E-state index in [0.717, 1.165) is 22.9 Å². The summed E-state index contributed by atoms with van der Waals surface area (Å²) in [6, 6.07) is 4.77. The van der Waals surface area contributed by atoms with Crippen molar-refractivity contribution in [2.24, 2.45) is 14.1 Å². The number of hydrogen-bond acceptors (Lipinski definition) is 7. The van der Waals surface area contributed by atoms with E-state index in [1.807, 2.05) is 26.2 Å². The third kappa shape index (κ3) is 4.05. The van der Waals surface area contributed by atoms with Gasteiger partial charge in [0.25, 0.3) is 0 Å². The Morgan fingerprint density at radius 1 is 1.08 bits per heavy atom. The van der Waals surface area contributed by atoms with Gasteiger partial charge in [0, 0.05) is 48.9 Å². The highest BCUT2D eigenvalue weighted by Gasteiger charge is 2.24. The fraction of sp³-hybridized carbons (Fsp3) is 0.280. The minimum absolute atomic E-state index is 0.0912. The number of aromatic nitrogens is 6. The largest absolute Gasteiger partial charge is 0.496 e. The van der Waals surface area contributed by atoms with Gasteiger partial charge < -0.3 is 9.47 Å². The van der Waals surface area contributed by atoms with E-state index in [1.165, 1.54) is 15.3 Å². The third-order valence-electron chi connectivity index (χ3n) is 6.10. The molecule has 0 radical (unpaired) electrons. The van der Waals surface area contributed by atoms with Crippen LogP contribution in [0.15, 0.2) is 41.6 Å². The van der Waals surface area contributed by atoms with Crippen molar-refractivity contribution in [2.45, 2.75) is 26.1 Å². The van der Waals surface area contributed by atoms with Crippen LogP contribution in [0.25, 0.3) is 38.9 Å². The maximum absolute atomic E-state index is 15.4. The number of aryl methyl sites for hydroxylation is 3. The molecule has 0 unspecified atom stereocenters. The van der Waals surface area contributed by atoms with Crippen LogP contribution in [0.3, 0.4) is 0 Å². The predicted molar refractivity (Wildman–Crippen MR) is 137 cm³/mol. The number of halogens is 1. The standard InChI is InChI=1S/C25H24FN6O4P/c1-13-17(12-30(4)29-13)15-8-16-19(9-21(15)35-6)27-11-20-22(16)32(24(33)31(20)5)23-18(26)7-14(10-28-23)36-25(2,3)37-34/h7-12H,1-6H3. The molecular weight excluding hydrogens is 498 g/mol. The van der Waals surface area contributed by atoms with E-state index in [4.69, 9.17) is 9.47 Å². The van der Waals surface area contributed by atoms with Crippen molar-refractivity contribution in [3.05, 3.63) is 58.8 Å². The zero-order chi connectivity index (χ0) is 26.6. The molecule has 0 aliphatic rings. The molecule has 0 spiro atoms. The molecule has 0 fully saturated rings. The number of benzene rings is 1. The summed E-state index contributed by atoms with van der Waals surface area (Å²) in [5.41, 5.74) is 3.44. The van der Waals surface area contributed by atoms with Crippen molar-refractivity contribution in [3.8, 4) is 28.4 Å². The van der Waals surface area contributed by atoms with Gasteiger partial charge in [-0.1, -0.05) is 0 Å². The molecule has 0 N–H and O–H groups in total. The molecule has 5 rings (SSSR count). The molecule has 4 aromatic heterocycles. The van der Waals surface area contributed by atoms with Crippen LogP contribution in [0.5, 0.6) is 11.5 Å². The second-order valence-corrected chi connectivity index (χ2v) is 10.4. The first kappa shape index (κ1) is 24.6. The van der Waals surface area contributed by atoms with Gasteiger partial charge in [-0.3, -0.25) is 18.8 Å². The summed E-state index contributed by atoms with van der Waals surface area (Å²) in [7, 11) is 4.73. The molecule has 0 bridgehead atoms. The van der Waals surface area contributed by atoms with Crippen LogP contribution in [0.2, 0.25) is 0 Å². The Morgan fingerprint density at radius 3 is 2.46 bits per heavy atom. The van der Waals surface area contributed by atoms with Gasteiger partial charge in [0.05, 0.1) is 41.7 Å². The van der Waals surface area contributed by atoms with Crippen LogP contribution >= 0.6 is 8.46 Å². The molecule has 0 aliphatic heterocycles. The monoisotopic (exact) mass is 522 g/mol. The second-order valence-electron chi connectivity index (χ2n) is 9.16. The van der Waals surface area contributed by atoms with Crippen LogP contribution in [0.1, 0.15) is 19.5 Å². The normalized spacial score (nSPS) is 12.1. The number of pyridine rings is 2. The number of nitrogens with zero attached hydrogens (tertiary/aromatic N) is 6. The van der Waals surface area contributed by atoms with Crippen molar-refractivity contribution < 1.29 is 18.4 Å². The Bertz CT molecular complexity index is 1770. The molecule has 0 saturated heterocycles. The molecule has 190 valence electrons. The zero-order valence-corrected chi connectivity index (χ0v) is 22.0. The van der Waals surface area contributed by atoms with Crippen LogP contribution in [-0.4, -0.2) is 41.3 Å². The number of fused-ring (bicyclic) bond motifs is 3. The fourth-order valence-electron chi connectivity index (χ4n) is 4.40. The average molecular weight is 522 g/mol. The summed E-state index contributed by atoms with van der Waals surface area (Å²) in [5.74, 6) is -0.282. The summed E-state index contributed by atoms with van der Waals surface area (Å²) < 4.78 is 42.3. The van der Waals surface area contributed by atoms with Gasteiger partial charge in [-0.15, -0.1) is 0 Å². The van der Waals surface area contributed by atoms with Crippen LogP contribution in [0.4, 0.5) is 4.39 Å². The average Bonchev–Trinajstić information content (AvgIpc) is 3.33. The Kier molecular flexibility index (Phi) is 5.83. The van der Waals surface area contributed by atoms with E-state index in [0.29, 0.717) is 27.7 Å². The maximum Gasteiger partial charge on any atom is 0.334 e. The van der Waals surface area contributed by atoms with Gasteiger partial charge in [-0.05, 0) is 26.8 Å². The molecule has 0 amide bonds. The van der Waals surface area contributed by atoms with Gasteiger partial charge in [0.2, 0.25) is 8.46 Å². The van der Waals surface area contributed by atoms with E-state index < -0.39 is 16.8 Å². The van der Waals surface area contributed by atoms with Crippen molar-refractivity contribution >= 4 is 30.4 Å². The first-order valence-corrected chi connectivity index (χ1v) is 12.1. The van der Waals surface area contributed by atoms with Crippen molar-refractivity contribution in [1.29, 1.82) is 0 Å². The Morgan fingerprint density at radius 2 is 1.84 bits per heavy atom. The molecule has 5 aromatic rings. The lowest BCUT2D eigenvalue weighted by Gasteiger charge is -2.18. The second kappa shape index (κ2) is 8.77. The van der Waals surface area contributed by atoms with Crippen LogP contribution in [0, 0.1) is 12.7 Å². The summed E-state index contributed by atoms with van der Waals surface area (Å²) >= 11 is 0. The minimum atomic E-state index is -1.06. The van der Waals surface area contributed by atoms with Gasteiger partial charge in [0.1, 0.15) is 11.5 Å². The van der Waals surface area contributed by atoms with Gasteiger partial charge in [0.15, 0.2) is 17.0 Å². The lowest BCUT2D eigenvalue weighted by molar-refractivity contribution is 0.197. The molecule has 4 heterocycles. The minimum Gasteiger partial charge on any atom is -0.496 e. The van der Waals surface area contributed by atoms with E-state index >= 15 is 4.39 Å². The third-order valence-corrected chi connectivity index (χ3v) is 6.64. The lowest BCUT2D eigenvalue weighted by Crippen LogP contribution is -2.23. The van der Waals surface area contributed by atoms with Gasteiger partial charge >= 0.3 is 5.69 Å². The SMILES string of the molecule is COc1cc2ncc3c(c2cc1-c1cn(C)nc1C)n(-c1ncc(OC(C)(C)P=O)cc1F)c(=O)n3C. The first-order valence-electron chi connectivity index (χ1n) is 11.3. The quantitative estimate of drug-likeness (QED) is 0.302. The molecule has 1 aromatic carbocycles. The maximum atomic E-state index is 15.4. The van der Waals surface area contributed by atoms with Crippen LogP contribution < -0.4 is 15.2 Å². The number of imidazole rings is 1. The predicted octanol–water partition coefficient (Wildman–Crippen LogP) is 4.54. The molecule has 0 saturated carbocycles. The zero-order valence-electron chi connectivity index (χ0n) is 21.1. The highest BCUT2D eigenvalue weighted by atomic mass is 31.1. The molecule has 37 heavy (non-hydrogen) atoms. The van der Waals surface area contributed by atoms with Gasteiger partial charge in [-0.25, -0.2) is 18.7 Å². The van der Waals surface area contributed by atoms with Crippen LogP contribution in [-0.2, 0) is 18.7 Å². The summed E-state index contributed by atoms with van der Waals surface area (Å²) in [5, 5.41) is 3.99.